The first-order chi connectivity index (χ1) is 17.4. The van der Waals surface area contributed by atoms with E-state index < -0.39 is 11.2 Å². The van der Waals surface area contributed by atoms with Gasteiger partial charge in [-0.3, -0.25) is 18.7 Å². The molecule has 4 aromatic rings. The van der Waals surface area contributed by atoms with Crippen molar-refractivity contribution in [1.82, 2.24) is 19.4 Å². The zero-order valence-corrected chi connectivity index (χ0v) is 20.3. The molecule has 1 amide bonds. The van der Waals surface area contributed by atoms with Crippen LogP contribution in [0.1, 0.15) is 28.8 Å². The number of carbonyl (C=O) groups excluding carboxylic acids is 1. The molecule has 2 heterocycles. The number of pyridine rings is 1. The molecule has 2 aromatic carbocycles. The molecule has 4 rings (SSSR count). The second kappa shape index (κ2) is 11.4. The maximum atomic E-state index is 12.5. The number of nitrogens with one attached hydrogen (secondary N) is 1. The molecule has 0 aliphatic heterocycles. The van der Waals surface area contributed by atoms with Gasteiger partial charge in [0.05, 0.1) is 17.6 Å². The van der Waals surface area contributed by atoms with Crippen LogP contribution in [-0.2, 0) is 20.7 Å². The normalized spacial score (nSPS) is 10.8. The molecule has 0 bridgehead atoms. The van der Waals surface area contributed by atoms with E-state index in [0.717, 1.165) is 34.5 Å². The van der Waals surface area contributed by atoms with E-state index in [1.807, 2.05) is 54.6 Å². The van der Waals surface area contributed by atoms with Crippen molar-refractivity contribution in [3.05, 3.63) is 98.8 Å². The number of unbranched alkanes of at least 4 members (excludes halogenated alkanes) is 1. The third kappa shape index (κ3) is 5.80. The molecule has 0 saturated carbocycles. The lowest BCUT2D eigenvalue weighted by atomic mass is 10.2. The fraction of sp³-hybridized carbons (Fsp3) is 0.259. The van der Waals surface area contributed by atoms with Crippen LogP contribution in [0.5, 0.6) is 11.5 Å². The van der Waals surface area contributed by atoms with E-state index in [2.05, 4.69) is 10.3 Å². The molecule has 0 fully saturated rings. The summed E-state index contributed by atoms with van der Waals surface area (Å²) in [5.74, 6) is 1.20. The molecule has 36 heavy (non-hydrogen) atoms. The summed E-state index contributed by atoms with van der Waals surface area (Å²) >= 11 is 0. The number of aryl methyl sites for hydroxylation is 1. The van der Waals surface area contributed by atoms with Crippen LogP contribution in [0.2, 0.25) is 0 Å². The summed E-state index contributed by atoms with van der Waals surface area (Å²) in [6.45, 7) is 1.48. The number of amides is 1. The third-order valence-corrected chi connectivity index (χ3v) is 5.75. The Labute approximate surface area is 207 Å². The summed E-state index contributed by atoms with van der Waals surface area (Å²) in [7, 11) is 2.93. The lowest BCUT2D eigenvalue weighted by Gasteiger charge is -2.10. The fourth-order valence-corrected chi connectivity index (χ4v) is 3.68. The number of nitrogens with zero attached hydrogens (tertiary/aromatic N) is 3. The number of ether oxygens (including phenoxy) is 2. The summed E-state index contributed by atoms with van der Waals surface area (Å²) in [6.07, 6.45) is 2.85. The summed E-state index contributed by atoms with van der Waals surface area (Å²) in [4.78, 5) is 41.1. The van der Waals surface area contributed by atoms with Crippen LogP contribution in [0, 0.1) is 0 Å². The van der Waals surface area contributed by atoms with Gasteiger partial charge in [0.25, 0.3) is 11.5 Å². The fourth-order valence-electron chi connectivity index (χ4n) is 3.68. The molecule has 186 valence electrons. The Morgan fingerprint density at radius 1 is 0.917 bits per heavy atom. The van der Waals surface area contributed by atoms with Crippen LogP contribution >= 0.6 is 0 Å². The Balaban J connectivity index is 1.19. The van der Waals surface area contributed by atoms with E-state index in [0.29, 0.717) is 19.8 Å². The van der Waals surface area contributed by atoms with Gasteiger partial charge in [0.15, 0.2) is 0 Å². The first kappa shape index (κ1) is 24.7. The average Bonchev–Trinajstić information content (AvgIpc) is 2.92. The van der Waals surface area contributed by atoms with Crippen molar-refractivity contribution >= 4 is 16.9 Å². The molecule has 0 aliphatic rings. The molecule has 0 saturated heterocycles. The number of fused-ring (bicyclic) bond motifs is 1. The van der Waals surface area contributed by atoms with Crippen LogP contribution in [-0.4, -0.2) is 33.2 Å². The highest BCUT2D eigenvalue weighted by atomic mass is 16.5. The van der Waals surface area contributed by atoms with Crippen LogP contribution in [0.4, 0.5) is 0 Å². The van der Waals surface area contributed by atoms with E-state index in [1.54, 1.807) is 0 Å². The maximum Gasteiger partial charge on any atom is 0.332 e. The second-order valence-electron chi connectivity index (χ2n) is 8.36. The minimum atomic E-state index is -0.483. The summed E-state index contributed by atoms with van der Waals surface area (Å²) in [6, 6.07) is 18.9. The Kier molecular flexibility index (Phi) is 7.79. The smallest absolute Gasteiger partial charge is 0.332 e. The summed E-state index contributed by atoms with van der Waals surface area (Å²) < 4.78 is 13.8. The molecule has 0 aliphatic carbocycles. The second-order valence-corrected chi connectivity index (χ2v) is 8.36. The van der Waals surface area contributed by atoms with Gasteiger partial charge in [0.1, 0.15) is 23.8 Å². The van der Waals surface area contributed by atoms with Crippen molar-refractivity contribution in [2.45, 2.75) is 19.4 Å². The first-order valence-corrected chi connectivity index (χ1v) is 11.7. The predicted octanol–water partition coefficient (Wildman–Crippen LogP) is 2.80. The summed E-state index contributed by atoms with van der Waals surface area (Å²) in [5, 5.41) is 3.05. The van der Waals surface area contributed by atoms with E-state index in [-0.39, 0.29) is 22.5 Å². The number of carbonyl (C=O) groups is 1. The SMILES string of the molecule is Cn1c(=O)c2cc(C(=O)NCCCCOc3ccc(OCc4ccccc4)cc3)cnc2n(C)c1=O. The van der Waals surface area contributed by atoms with Gasteiger partial charge < -0.3 is 14.8 Å². The van der Waals surface area contributed by atoms with E-state index in [4.69, 9.17) is 9.47 Å². The Morgan fingerprint density at radius 2 is 1.61 bits per heavy atom. The van der Waals surface area contributed by atoms with Gasteiger partial charge in [-0.15, -0.1) is 0 Å². The number of aromatic nitrogens is 3. The van der Waals surface area contributed by atoms with E-state index in [1.165, 1.54) is 30.9 Å². The van der Waals surface area contributed by atoms with E-state index in [9.17, 15) is 14.4 Å². The number of rotatable bonds is 10. The highest BCUT2D eigenvalue weighted by Gasteiger charge is 2.13. The van der Waals surface area contributed by atoms with Crippen molar-refractivity contribution in [2.24, 2.45) is 14.1 Å². The number of hydrogen-bond acceptors (Lipinski definition) is 6. The molecule has 0 radical (unpaired) electrons. The van der Waals surface area contributed by atoms with Crippen LogP contribution in [0.3, 0.4) is 0 Å². The predicted molar refractivity (Wildman–Crippen MR) is 137 cm³/mol. The van der Waals surface area contributed by atoms with Gasteiger partial charge in [-0.2, -0.15) is 0 Å². The highest BCUT2D eigenvalue weighted by Crippen LogP contribution is 2.19. The minimum Gasteiger partial charge on any atom is -0.494 e. The Hall–Kier alpha value is -4.40. The minimum absolute atomic E-state index is 0.220. The topological polar surface area (TPSA) is 104 Å². The third-order valence-electron chi connectivity index (χ3n) is 5.75. The van der Waals surface area contributed by atoms with Crippen LogP contribution in [0.25, 0.3) is 11.0 Å². The number of hydrogen-bond donors (Lipinski definition) is 1. The largest absolute Gasteiger partial charge is 0.494 e. The van der Waals surface area contributed by atoms with Gasteiger partial charge in [-0.25, -0.2) is 9.78 Å². The molecule has 0 atom stereocenters. The van der Waals surface area contributed by atoms with Crippen molar-refractivity contribution in [1.29, 1.82) is 0 Å². The standard InChI is InChI=1S/C27H28N4O5/c1-30-24-23(26(33)31(2)27(30)34)16-20(17-29-24)25(32)28-14-6-7-15-35-21-10-12-22(13-11-21)36-18-19-8-4-3-5-9-19/h3-5,8-13,16-17H,6-7,14-15,18H2,1-2H3,(H,28,32). The van der Waals surface area contributed by atoms with Crippen molar-refractivity contribution < 1.29 is 14.3 Å². The Morgan fingerprint density at radius 3 is 2.33 bits per heavy atom. The molecule has 0 spiro atoms. The number of benzene rings is 2. The molecule has 1 N–H and O–H groups in total. The van der Waals surface area contributed by atoms with Gasteiger partial charge in [-0.1, -0.05) is 30.3 Å². The van der Waals surface area contributed by atoms with Gasteiger partial charge >= 0.3 is 5.69 Å². The van der Waals surface area contributed by atoms with Gasteiger partial charge in [-0.05, 0) is 48.7 Å². The van der Waals surface area contributed by atoms with E-state index >= 15 is 0 Å². The average molecular weight is 489 g/mol. The van der Waals surface area contributed by atoms with Gasteiger partial charge in [0.2, 0.25) is 0 Å². The van der Waals surface area contributed by atoms with Crippen molar-refractivity contribution in [2.75, 3.05) is 13.2 Å². The zero-order valence-electron chi connectivity index (χ0n) is 20.3. The van der Waals surface area contributed by atoms with Crippen LogP contribution < -0.4 is 26.0 Å². The van der Waals surface area contributed by atoms with Crippen LogP contribution in [0.15, 0.2) is 76.4 Å². The zero-order chi connectivity index (χ0) is 25.5. The lowest BCUT2D eigenvalue weighted by Crippen LogP contribution is -2.37. The first-order valence-electron chi connectivity index (χ1n) is 11.7. The molecule has 9 nitrogen and oxygen atoms in total. The summed E-state index contributed by atoms with van der Waals surface area (Å²) in [5.41, 5.74) is 0.671. The molecule has 2 aromatic heterocycles. The molecule has 0 unspecified atom stereocenters. The monoisotopic (exact) mass is 488 g/mol. The highest BCUT2D eigenvalue weighted by molar-refractivity contribution is 5.96. The van der Waals surface area contributed by atoms with Gasteiger partial charge in [0, 0.05) is 26.8 Å². The molecule has 9 heteroatoms. The quantitative estimate of drug-likeness (QED) is 0.344. The molecular weight excluding hydrogens is 460 g/mol. The van der Waals surface area contributed by atoms with Crippen molar-refractivity contribution in [3.63, 3.8) is 0 Å². The lowest BCUT2D eigenvalue weighted by molar-refractivity contribution is 0.0952. The maximum absolute atomic E-state index is 12.5. The Bertz CT molecular complexity index is 1460. The van der Waals surface area contributed by atoms with Crippen molar-refractivity contribution in [3.8, 4) is 11.5 Å². The molecular formula is C27H28N4O5.